The second-order valence-corrected chi connectivity index (χ2v) is 10.4. The molecule has 0 aliphatic carbocycles. The van der Waals surface area contributed by atoms with E-state index in [1.807, 2.05) is 6.20 Å². The van der Waals surface area contributed by atoms with Crippen molar-refractivity contribution < 1.29 is 0 Å². The van der Waals surface area contributed by atoms with Crippen molar-refractivity contribution in [2.24, 2.45) is 0 Å². The molecule has 39 heavy (non-hydrogen) atoms. The van der Waals surface area contributed by atoms with E-state index in [-0.39, 0.29) is 0 Å². The van der Waals surface area contributed by atoms with Crippen LogP contribution in [0.5, 0.6) is 0 Å². The number of aryl methyl sites for hydroxylation is 2. The average Bonchev–Trinajstić information content (AvgIpc) is 2.93. The predicted molar refractivity (Wildman–Crippen MR) is 161 cm³/mol. The second-order valence-electron chi connectivity index (χ2n) is 10.4. The van der Waals surface area contributed by atoms with Gasteiger partial charge in [-0.25, -0.2) is 19.9 Å². The van der Waals surface area contributed by atoms with Gasteiger partial charge < -0.3 is 4.90 Å². The first kappa shape index (κ1) is 24.7. The lowest BCUT2D eigenvalue weighted by atomic mass is 9.89. The quantitative estimate of drug-likeness (QED) is 0.238. The van der Waals surface area contributed by atoms with Crippen LogP contribution in [-0.4, -0.2) is 19.9 Å². The molecule has 6 aromatic rings. The van der Waals surface area contributed by atoms with Crippen molar-refractivity contribution in [1.82, 2.24) is 19.9 Å². The molecule has 0 bridgehead atoms. The van der Waals surface area contributed by atoms with E-state index in [2.05, 4.69) is 122 Å². The lowest BCUT2D eigenvalue weighted by Crippen LogP contribution is -2.16. The normalized spacial score (nSPS) is 11.3. The highest BCUT2D eigenvalue weighted by atomic mass is 15.1. The van der Waals surface area contributed by atoms with Gasteiger partial charge in [0.25, 0.3) is 0 Å². The van der Waals surface area contributed by atoms with Crippen LogP contribution in [0, 0.1) is 41.5 Å². The van der Waals surface area contributed by atoms with Gasteiger partial charge in [-0.3, -0.25) is 0 Å². The van der Waals surface area contributed by atoms with Crippen LogP contribution < -0.4 is 4.90 Å². The average molecular weight is 510 g/mol. The maximum absolute atomic E-state index is 4.85. The van der Waals surface area contributed by atoms with Crippen molar-refractivity contribution in [2.45, 2.75) is 41.5 Å². The first-order valence-electron chi connectivity index (χ1n) is 13.2. The number of fused-ring (bicyclic) bond motifs is 2. The first-order valence-corrected chi connectivity index (χ1v) is 13.2. The van der Waals surface area contributed by atoms with Gasteiger partial charge in [0, 0.05) is 29.0 Å². The number of hydrogen-bond acceptors (Lipinski definition) is 5. The minimum Gasteiger partial charge on any atom is -0.309 e. The molecule has 0 fully saturated rings. The highest BCUT2D eigenvalue weighted by Crippen LogP contribution is 2.46. The number of aromatic nitrogens is 4. The fraction of sp³-hybridized carbons (Fsp3) is 0.176. The highest BCUT2D eigenvalue weighted by Gasteiger charge is 2.25. The number of hydrogen-bond donors (Lipinski definition) is 0. The van der Waals surface area contributed by atoms with Gasteiger partial charge in [-0.1, -0.05) is 42.5 Å². The van der Waals surface area contributed by atoms with Gasteiger partial charge >= 0.3 is 0 Å². The Hall–Kier alpha value is -4.64. The van der Waals surface area contributed by atoms with Gasteiger partial charge in [0.15, 0.2) is 11.3 Å². The van der Waals surface area contributed by atoms with E-state index in [0.29, 0.717) is 11.3 Å². The summed E-state index contributed by atoms with van der Waals surface area (Å²) < 4.78 is 0. The standard InChI is InChI=1S/C34H31N5/c1-20-16-21(2)18-27(17-20)39(30-13-9-11-26-10-7-8-12-28(26)30)32-24(5)22(3)31(23(4)25(32)6)29-19-37-33-34(38-29)36-15-14-35-33/h7-19H,1-6H3. The molecular formula is C34H31N5. The first-order chi connectivity index (χ1) is 18.8. The van der Waals surface area contributed by atoms with Gasteiger partial charge in [-0.2, -0.15) is 0 Å². The van der Waals surface area contributed by atoms with Crippen molar-refractivity contribution in [2.75, 3.05) is 4.90 Å². The minimum absolute atomic E-state index is 0.554. The van der Waals surface area contributed by atoms with Crippen LogP contribution >= 0.6 is 0 Å². The van der Waals surface area contributed by atoms with Gasteiger partial charge in [0.05, 0.1) is 23.3 Å². The van der Waals surface area contributed by atoms with Gasteiger partial charge in [0.1, 0.15) is 0 Å². The SMILES string of the molecule is Cc1cc(C)cc(N(c2c(C)c(C)c(-c3cnc4nccnc4n3)c(C)c2C)c2cccc3ccccc23)c1. The Morgan fingerprint density at radius 2 is 1.26 bits per heavy atom. The summed E-state index contributed by atoms with van der Waals surface area (Å²) >= 11 is 0. The number of rotatable bonds is 4. The van der Waals surface area contributed by atoms with Crippen LogP contribution in [0.4, 0.5) is 17.1 Å². The Balaban J connectivity index is 1.65. The van der Waals surface area contributed by atoms with E-state index in [0.717, 1.165) is 22.6 Å². The van der Waals surface area contributed by atoms with Crippen molar-refractivity contribution in [3.63, 3.8) is 0 Å². The summed E-state index contributed by atoms with van der Waals surface area (Å²) in [4.78, 5) is 20.5. The van der Waals surface area contributed by atoms with Crippen molar-refractivity contribution >= 4 is 39.1 Å². The minimum atomic E-state index is 0.554. The zero-order chi connectivity index (χ0) is 27.3. The van der Waals surface area contributed by atoms with E-state index < -0.39 is 0 Å². The monoisotopic (exact) mass is 509 g/mol. The maximum Gasteiger partial charge on any atom is 0.198 e. The van der Waals surface area contributed by atoms with Gasteiger partial charge in [-0.05, 0) is 98.5 Å². The Labute approximate surface area is 229 Å². The van der Waals surface area contributed by atoms with Crippen LogP contribution in [0.25, 0.3) is 33.3 Å². The summed E-state index contributed by atoms with van der Waals surface area (Å²) in [5, 5.41) is 2.44. The van der Waals surface area contributed by atoms with E-state index in [1.54, 1.807) is 12.4 Å². The number of benzene rings is 4. The third-order valence-corrected chi connectivity index (χ3v) is 7.73. The van der Waals surface area contributed by atoms with Crippen LogP contribution in [0.15, 0.2) is 79.3 Å². The fourth-order valence-corrected chi connectivity index (χ4v) is 5.76. The maximum atomic E-state index is 4.85. The fourth-order valence-electron chi connectivity index (χ4n) is 5.76. The van der Waals surface area contributed by atoms with E-state index in [9.17, 15) is 0 Å². The smallest absolute Gasteiger partial charge is 0.198 e. The van der Waals surface area contributed by atoms with E-state index >= 15 is 0 Å². The Morgan fingerprint density at radius 3 is 1.97 bits per heavy atom. The number of anilines is 3. The largest absolute Gasteiger partial charge is 0.309 e. The zero-order valence-electron chi connectivity index (χ0n) is 23.2. The van der Waals surface area contributed by atoms with E-state index in [4.69, 9.17) is 4.98 Å². The molecule has 0 unspecified atom stereocenters. The van der Waals surface area contributed by atoms with Crippen molar-refractivity contribution in [3.8, 4) is 11.3 Å². The summed E-state index contributed by atoms with van der Waals surface area (Å²) in [5.41, 5.74) is 13.8. The van der Waals surface area contributed by atoms with Crippen molar-refractivity contribution in [3.05, 3.63) is 113 Å². The topological polar surface area (TPSA) is 54.8 Å². The molecule has 5 nitrogen and oxygen atoms in total. The summed E-state index contributed by atoms with van der Waals surface area (Å²) in [7, 11) is 0. The summed E-state index contributed by atoms with van der Waals surface area (Å²) in [6.07, 6.45) is 5.12. The third kappa shape index (κ3) is 4.20. The molecule has 0 radical (unpaired) electrons. The molecule has 0 atom stereocenters. The molecule has 0 aliphatic heterocycles. The molecule has 0 saturated heterocycles. The Morgan fingerprint density at radius 1 is 0.615 bits per heavy atom. The summed E-state index contributed by atoms with van der Waals surface area (Å²) in [5.74, 6) is 0. The summed E-state index contributed by atoms with van der Waals surface area (Å²) in [6.45, 7) is 13.1. The van der Waals surface area contributed by atoms with Crippen LogP contribution in [0.1, 0.15) is 33.4 Å². The Bertz CT molecular complexity index is 1840. The molecule has 0 spiro atoms. The highest BCUT2D eigenvalue weighted by molar-refractivity contribution is 6.00. The van der Waals surface area contributed by atoms with E-state index in [1.165, 1.54) is 49.8 Å². The molecule has 4 aromatic carbocycles. The molecule has 5 heteroatoms. The summed E-state index contributed by atoms with van der Waals surface area (Å²) in [6, 6.07) is 21.9. The lowest BCUT2D eigenvalue weighted by molar-refractivity contribution is 1.13. The predicted octanol–water partition coefficient (Wildman–Crippen LogP) is 8.56. The van der Waals surface area contributed by atoms with Crippen LogP contribution in [-0.2, 0) is 0 Å². The number of nitrogens with zero attached hydrogens (tertiary/aromatic N) is 5. The molecule has 192 valence electrons. The van der Waals surface area contributed by atoms with Gasteiger partial charge in [-0.15, -0.1) is 0 Å². The van der Waals surface area contributed by atoms with Crippen LogP contribution in [0.3, 0.4) is 0 Å². The van der Waals surface area contributed by atoms with Crippen molar-refractivity contribution in [1.29, 1.82) is 0 Å². The lowest BCUT2D eigenvalue weighted by Gasteiger charge is -2.32. The molecule has 0 N–H and O–H groups in total. The zero-order valence-corrected chi connectivity index (χ0v) is 23.2. The molecule has 2 heterocycles. The Kier molecular flexibility index (Phi) is 6.07. The molecule has 2 aromatic heterocycles. The molecular weight excluding hydrogens is 478 g/mol. The molecule has 0 aliphatic rings. The molecule has 0 saturated carbocycles. The molecule has 6 rings (SSSR count). The van der Waals surface area contributed by atoms with Crippen LogP contribution in [0.2, 0.25) is 0 Å². The molecule has 0 amide bonds. The second kappa shape index (κ2) is 9.59. The third-order valence-electron chi connectivity index (χ3n) is 7.73. The van der Waals surface area contributed by atoms with Gasteiger partial charge in [0.2, 0.25) is 0 Å².